The van der Waals surface area contributed by atoms with Gasteiger partial charge in [-0.1, -0.05) is 53.7 Å². The minimum absolute atomic E-state index is 0.193. The van der Waals surface area contributed by atoms with E-state index in [1.54, 1.807) is 17.2 Å². The van der Waals surface area contributed by atoms with Crippen molar-refractivity contribution in [3.05, 3.63) is 103 Å². The molecule has 0 aliphatic heterocycles. The molecule has 132 valence electrons. The predicted molar refractivity (Wildman–Crippen MR) is 103 cm³/mol. The van der Waals surface area contributed by atoms with Gasteiger partial charge in [-0.25, -0.2) is 0 Å². The highest BCUT2D eigenvalue weighted by atomic mass is 16.5. The van der Waals surface area contributed by atoms with E-state index in [1.165, 1.54) is 6.20 Å². The van der Waals surface area contributed by atoms with Gasteiger partial charge in [0.25, 0.3) is 5.91 Å². The van der Waals surface area contributed by atoms with Crippen LogP contribution in [0.4, 0.5) is 5.69 Å². The van der Waals surface area contributed by atoms with E-state index in [4.69, 9.17) is 4.52 Å². The lowest BCUT2D eigenvalue weighted by Gasteiger charge is -2.21. The Bertz CT molecular complexity index is 999. The number of carbonyl (C=O) groups is 1. The van der Waals surface area contributed by atoms with Gasteiger partial charge in [-0.3, -0.25) is 14.7 Å². The van der Waals surface area contributed by atoms with E-state index >= 15 is 0 Å². The molecule has 2 aromatic carbocycles. The summed E-state index contributed by atoms with van der Waals surface area (Å²) < 4.78 is 5.07. The molecule has 0 bridgehead atoms. The van der Waals surface area contributed by atoms with Crippen molar-refractivity contribution in [2.45, 2.75) is 6.54 Å². The molecule has 2 aromatic heterocycles. The number of pyridine rings is 1. The average molecular weight is 355 g/mol. The first kappa shape index (κ1) is 16.7. The topological polar surface area (TPSA) is 59.2 Å². The fraction of sp³-hybridized carbons (Fsp3) is 0.0455. The van der Waals surface area contributed by atoms with Crippen LogP contribution in [0.5, 0.6) is 0 Å². The van der Waals surface area contributed by atoms with Gasteiger partial charge in [-0.05, 0) is 35.4 Å². The summed E-state index contributed by atoms with van der Waals surface area (Å²) in [5.74, 6) is -0.0660. The van der Waals surface area contributed by atoms with Gasteiger partial charge in [0.05, 0.1) is 18.4 Å². The minimum atomic E-state index is -0.259. The van der Waals surface area contributed by atoms with Crippen LogP contribution in [0.1, 0.15) is 16.2 Å². The van der Waals surface area contributed by atoms with Crippen LogP contribution in [0.25, 0.3) is 11.1 Å². The number of aromatic nitrogens is 2. The van der Waals surface area contributed by atoms with Gasteiger partial charge >= 0.3 is 0 Å². The Hall–Kier alpha value is -3.73. The first-order valence-electron chi connectivity index (χ1n) is 8.59. The second-order valence-electron chi connectivity index (χ2n) is 6.00. The Labute approximate surface area is 156 Å². The van der Waals surface area contributed by atoms with E-state index in [0.29, 0.717) is 6.54 Å². The van der Waals surface area contributed by atoms with Crippen LogP contribution in [-0.4, -0.2) is 16.0 Å². The van der Waals surface area contributed by atoms with Crippen LogP contribution in [0.15, 0.2) is 95.8 Å². The van der Waals surface area contributed by atoms with Crippen molar-refractivity contribution in [3.8, 4) is 11.1 Å². The van der Waals surface area contributed by atoms with Crippen molar-refractivity contribution in [3.63, 3.8) is 0 Å². The molecule has 0 aliphatic rings. The second kappa shape index (κ2) is 7.66. The predicted octanol–water partition coefficient (Wildman–Crippen LogP) is 4.58. The summed E-state index contributed by atoms with van der Waals surface area (Å²) in [7, 11) is 0. The van der Waals surface area contributed by atoms with Crippen LogP contribution in [0.3, 0.4) is 0 Å². The third-order valence-electron chi connectivity index (χ3n) is 4.23. The molecule has 27 heavy (non-hydrogen) atoms. The third-order valence-corrected chi connectivity index (χ3v) is 4.23. The fourth-order valence-electron chi connectivity index (χ4n) is 2.86. The Balaban J connectivity index is 1.66. The number of anilines is 1. The summed E-state index contributed by atoms with van der Waals surface area (Å²) in [6, 6.07) is 25.2. The van der Waals surface area contributed by atoms with Crippen LogP contribution < -0.4 is 4.90 Å². The Morgan fingerprint density at radius 2 is 1.56 bits per heavy atom. The van der Waals surface area contributed by atoms with E-state index < -0.39 is 0 Å². The van der Waals surface area contributed by atoms with Gasteiger partial charge in [0.15, 0.2) is 0 Å². The molecule has 0 saturated carbocycles. The quantitative estimate of drug-likeness (QED) is 0.526. The number of nitrogens with zero attached hydrogens (tertiary/aromatic N) is 3. The van der Waals surface area contributed by atoms with Gasteiger partial charge in [-0.2, -0.15) is 0 Å². The number of hydrogen-bond acceptors (Lipinski definition) is 4. The number of rotatable bonds is 5. The third kappa shape index (κ3) is 3.77. The Kier molecular flexibility index (Phi) is 4.74. The zero-order valence-electron chi connectivity index (χ0n) is 14.5. The summed E-state index contributed by atoms with van der Waals surface area (Å²) in [4.78, 5) is 18.9. The average Bonchev–Trinajstić information content (AvgIpc) is 3.28. The smallest absolute Gasteiger partial charge is 0.297 e. The first-order valence-corrected chi connectivity index (χ1v) is 8.59. The van der Waals surface area contributed by atoms with Crippen molar-refractivity contribution in [2.75, 3.05) is 4.90 Å². The van der Waals surface area contributed by atoms with E-state index in [2.05, 4.69) is 22.3 Å². The largest absolute Gasteiger partial charge is 0.351 e. The molecule has 0 radical (unpaired) electrons. The van der Waals surface area contributed by atoms with Crippen molar-refractivity contribution in [1.29, 1.82) is 0 Å². The molecule has 0 spiro atoms. The van der Waals surface area contributed by atoms with Gasteiger partial charge in [-0.15, -0.1) is 0 Å². The van der Waals surface area contributed by atoms with Gasteiger partial charge in [0.2, 0.25) is 5.76 Å². The molecule has 1 amide bonds. The van der Waals surface area contributed by atoms with Crippen molar-refractivity contribution >= 4 is 11.6 Å². The van der Waals surface area contributed by atoms with Gasteiger partial charge in [0, 0.05) is 18.0 Å². The molecule has 5 nitrogen and oxygen atoms in total. The fourth-order valence-corrected chi connectivity index (χ4v) is 2.86. The van der Waals surface area contributed by atoms with Crippen LogP contribution in [0.2, 0.25) is 0 Å². The molecule has 0 fully saturated rings. The zero-order chi connectivity index (χ0) is 18.5. The summed E-state index contributed by atoms with van der Waals surface area (Å²) in [5, 5.41) is 3.64. The summed E-state index contributed by atoms with van der Waals surface area (Å²) in [6.45, 7) is 0.338. The SMILES string of the molecule is O=C(c1ccno1)N(Cc1ccccn1)c1ccc(-c2ccccc2)cc1. The second-order valence-corrected chi connectivity index (χ2v) is 6.00. The maximum absolute atomic E-state index is 12.9. The highest BCUT2D eigenvalue weighted by Crippen LogP contribution is 2.25. The lowest BCUT2D eigenvalue weighted by Crippen LogP contribution is -2.30. The van der Waals surface area contributed by atoms with E-state index in [1.807, 2.05) is 60.7 Å². The number of benzene rings is 2. The van der Waals surface area contributed by atoms with Crippen LogP contribution in [-0.2, 0) is 6.54 Å². The molecule has 0 unspecified atom stereocenters. The molecule has 0 aliphatic carbocycles. The molecule has 2 heterocycles. The van der Waals surface area contributed by atoms with Gasteiger partial charge < -0.3 is 4.52 Å². The number of amides is 1. The first-order chi connectivity index (χ1) is 13.3. The molecule has 0 atom stereocenters. The number of carbonyl (C=O) groups excluding carboxylic acids is 1. The van der Waals surface area contributed by atoms with Crippen LogP contribution in [0, 0.1) is 0 Å². The monoisotopic (exact) mass is 355 g/mol. The molecular formula is C22H17N3O2. The van der Waals surface area contributed by atoms with E-state index in [-0.39, 0.29) is 11.7 Å². The molecule has 0 saturated heterocycles. The summed E-state index contributed by atoms with van der Waals surface area (Å²) >= 11 is 0. The molecule has 5 heteroatoms. The lowest BCUT2D eigenvalue weighted by atomic mass is 10.1. The molecule has 0 N–H and O–H groups in total. The zero-order valence-corrected chi connectivity index (χ0v) is 14.5. The Morgan fingerprint density at radius 1 is 0.815 bits per heavy atom. The number of hydrogen-bond donors (Lipinski definition) is 0. The van der Waals surface area contributed by atoms with E-state index in [9.17, 15) is 4.79 Å². The van der Waals surface area contributed by atoms with Crippen molar-refractivity contribution in [2.24, 2.45) is 0 Å². The molecule has 4 rings (SSSR count). The maximum atomic E-state index is 12.9. The standard InChI is InChI=1S/C22H17N3O2/c26-22(21-13-15-24-27-21)25(16-19-8-4-5-14-23-19)20-11-9-18(10-12-20)17-6-2-1-3-7-17/h1-15H,16H2. The molecular weight excluding hydrogens is 338 g/mol. The summed E-state index contributed by atoms with van der Waals surface area (Å²) in [6.07, 6.45) is 3.18. The highest BCUT2D eigenvalue weighted by Gasteiger charge is 2.21. The molecule has 4 aromatic rings. The van der Waals surface area contributed by atoms with Crippen molar-refractivity contribution in [1.82, 2.24) is 10.1 Å². The van der Waals surface area contributed by atoms with Gasteiger partial charge in [0.1, 0.15) is 0 Å². The van der Waals surface area contributed by atoms with E-state index in [0.717, 1.165) is 22.5 Å². The summed E-state index contributed by atoms with van der Waals surface area (Å²) in [5.41, 5.74) is 3.77. The van der Waals surface area contributed by atoms with Crippen molar-refractivity contribution < 1.29 is 9.32 Å². The maximum Gasteiger partial charge on any atom is 0.297 e. The Morgan fingerprint density at radius 3 is 2.22 bits per heavy atom. The normalized spacial score (nSPS) is 10.5. The highest BCUT2D eigenvalue weighted by molar-refractivity contribution is 6.04. The van der Waals surface area contributed by atoms with Crippen LogP contribution >= 0.6 is 0 Å². The minimum Gasteiger partial charge on any atom is -0.351 e. The lowest BCUT2D eigenvalue weighted by molar-refractivity contribution is 0.0949.